The molecule has 0 radical (unpaired) electrons. The summed E-state index contributed by atoms with van der Waals surface area (Å²) < 4.78 is 48.7. The molecule has 0 aliphatic rings. The van der Waals surface area contributed by atoms with Crippen molar-refractivity contribution in [3.63, 3.8) is 0 Å². The van der Waals surface area contributed by atoms with E-state index in [1.165, 1.54) is 24.3 Å². The van der Waals surface area contributed by atoms with Crippen LogP contribution < -0.4 is 5.73 Å². The second-order valence-corrected chi connectivity index (χ2v) is 3.94. The predicted molar refractivity (Wildman–Crippen MR) is 61.1 cm³/mol. The SMILES string of the molecule is Nc1cc(-c2cc3c(C(F)(F)F)cccc3o2)on1. The fraction of sp³-hybridized carbons (Fsp3) is 0.0833. The summed E-state index contributed by atoms with van der Waals surface area (Å²) in [5.74, 6) is 0.462. The Bertz CT molecular complexity index is 743. The molecule has 2 heterocycles. The minimum atomic E-state index is -4.44. The summed E-state index contributed by atoms with van der Waals surface area (Å²) in [5, 5.41) is 3.43. The third-order valence-corrected chi connectivity index (χ3v) is 2.64. The van der Waals surface area contributed by atoms with Crippen LogP contribution in [0.5, 0.6) is 0 Å². The van der Waals surface area contributed by atoms with Gasteiger partial charge >= 0.3 is 6.18 Å². The van der Waals surface area contributed by atoms with Gasteiger partial charge in [0.15, 0.2) is 11.6 Å². The summed E-state index contributed by atoms with van der Waals surface area (Å²) >= 11 is 0. The first-order valence-corrected chi connectivity index (χ1v) is 5.27. The molecule has 1 aromatic carbocycles. The Hall–Kier alpha value is -2.44. The molecule has 3 rings (SSSR count). The molecule has 19 heavy (non-hydrogen) atoms. The van der Waals surface area contributed by atoms with Gasteiger partial charge in [0, 0.05) is 11.5 Å². The highest BCUT2D eigenvalue weighted by molar-refractivity contribution is 5.85. The molecular weight excluding hydrogens is 261 g/mol. The number of alkyl halides is 3. The summed E-state index contributed by atoms with van der Waals surface area (Å²) in [4.78, 5) is 0. The van der Waals surface area contributed by atoms with Gasteiger partial charge in [-0.05, 0) is 18.2 Å². The van der Waals surface area contributed by atoms with Crippen LogP contribution in [0.3, 0.4) is 0 Å². The number of anilines is 1. The maximum atomic E-state index is 12.8. The lowest BCUT2D eigenvalue weighted by molar-refractivity contribution is -0.136. The molecule has 0 unspecified atom stereocenters. The third kappa shape index (κ3) is 1.92. The fourth-order valence-electron chi connectivity index (χ4n) is 1.83. The van der Waals surface area contributed by atoms with E-state index >= 15 is 0 Å². The van der Waals surface area contributed by atoms with Gasteiger partial charge in [-0.25, -0.2) is 0 Å². The summed E-state index contributed by atoms with van der Waals surface area (Å²) in [6.45, 7) is 0. The lowest BCUT2D eigenvalue weighted by atomic mass is 10.1. The quantitative estimate of drug-likeness (QED) is 0.731. The topological polar surface area (TPSA) is 65.2 Å². The fourth-order valence-corrected chi connectivity index (χ4v) is 1.83. The van der Waals surface area contributed by atoms with Gasteiger partial charge in [-0.2, -0.15) is 13.2 Å². The summed E-state index contributed by atoms with van der Waals surface area (Å²) in [6, 6.07) is 6.38. The molecule has 0 saturated carbocycles. The number of nitrogens with zero attached hydrogens (tertiary/aromatic N) is 1. The highest BCUT2D eigenvalue weighted by Crippen LogP contribution is 2.38. The number of nitrogens with two attached hydrogens (primary N) is 1. The van der Waals surface area contributed by atoms with E-state index in [0.29, 0.717) is 0 Å². The van der Waals surface area contributed by atoms with E-state index in [2.05, 4.69) is 5.16 Å². The van der Waals surface area contributed by atoms with Gasteiger partial charge in [-0.1, -0.05) is 11.2 Å². The van der Waals surface area contributed by atoms with Crippen molar-refractivity contribution in [2.24, 2.45) is 0 Å². The highest BCUT2D eigenvalue weighted by Gasteiger charge is 2.33. The van der Waals surface area contributed by atoms with Crippen molar-refractivity contribution in [3.05, 3.63) is 35.9 Å². The zero-order chi connectivity index (χ0) is 13.6. The van der Waals surface area contributed by atoms with Gasteiger partial charge in [0.2, 0.25) is 5.76 Å². The van der Waals surface area contributed by atoms with E-state index < -0.39 is 11.7 Å². The number of nitrogen functional groups attached to an aromatic ring is 1. The lowest BCUT2D eigenvalue weighted by Gasteiger charge is -2.06. The Kier molecular flexibility index (Phi) is 2.31. The smallest absolute Gasteiger partial charge is 0.417 e. The first-order valence-electron chi connectivity index (χ1n) is 5.27. The number of hydrogen-bond donors (Lipinski definition) is 1. The number of fused-ring (bicyclic) bond motifs is 1. The van der Waals surface area contributed by atoms with Crippen molar-refractivity contribution in [2.45, 2.75) is 6.18 Å². The van der Waals surface area contributed by atoms with Crippen molar-refractivity contribution >= 4 is 16.8 Å². The van der Waals surface area contributed by atoms with Crippen LogP contribution in [0.4, 0.5) is 19.0 Å². The molecule has 0 atom stereocenters. The van der Waals surface area contributed by atoms with Crippen LogP contribution in [0.15, 0.2) is 39.3 Å². The van der Waals surface area contributed by atoms with Gasteiger partial charge in [0.25, 0.3) is 0 Å². The van der Waals surface area contributed by atoms with Crippen LogP contribution in [0.25, 0.3) is 22.5 Å². The normalized spacial score (nSPS) is 12.2. The molecule has 0 bridgehead atoms. The van der Waals surface area contributed by atoms with Crippen LogP contribution in [0, 0.1) is 0 Å². The average Bonchev–Trinajstić information content (AvgIpc) is 2.92. The van der Waals surface area contributed by atoms with Crippen molar-refractivity contribution in [1.29, 1.82) is 0 Å². The summed E-state index contributed by atoms with van der Waals surface area (Å²) in [6.07, 6.45) is -4.44. The zero-order valence-electron chi connectivity index (χ0n) is 9.36. The molecule has 4 nitrogen and oxygen atoms in total. The van der Waals surface area contributed by atoms with E-state index in [1.807, 2.05) is 0 Å². The zero-order valence-corrected chi connectivity index (χ0v) is 9.36. The number of aromatic nitrogens is 1. The number of furan rings is 1. The predicted octanol–water partition coefficient (Wildman–Crippen LogP) is 3.69. The Morgan fingerprint density at radius 1 is 1.11 bits per heavy atom. The molecule has 7 heteroatoms. The maximum Gasteiger partial charge on any atom is 0.417 e. The van der Waals surface area contributed by atoms with Crippen molar-refractivity contribution in [1.82, 2.24) is 5.16 Å². The van der Waals surface area contributed by atoms with Crippen LogP contribution in [-0.2, 0) is 6.18 Å². The van der Waals surface area contributed by atoms with Crippen LogP contribution in [-0.4, -0.2) is 5.16 Å². The van der Waals surface area contributed by atoms with E-state index in [9.17, 15) is 13.2 Å². The first kappa shape index (κ1) is 11.6. The Balaban J connectivity index is 2.21. The van der Waals surface area contributed by atoms with E-state index in [-0.39, 0.29) is 28.3 Å². The molecule has 2 aromatic heterocycles. The van der Waals surface area contributed by atoms with Crippen molar-refractivity contribution in [2.75, 3.05) is 5.73 Å². The number of halogens is 3. The third-order valence-electron chi connectivity index (χ3n) is 2.64. The van der Waals surface area contributed by atoms with Crippen molar-refractivity contribution < 1.29 is 22.1 Å². The van der Waals surface area contributed by atoms with Crippen LogP contribution in [0.1, 0.15) is 5.56 Å². The molecule has 2 N–H and O–H groups in total. The second-order valence-electron chi connectivity index (χ2n) is 3.94. The molecule has 3 aromatic rings. The molecule has 0 spiro atoms. The van der Waals surface area contributed by atoms with E-state index in [4.69, 9.17) is 14.7 Å². The molecule has 0 aliphatic heterocycles. The van der Waals surface area contributed by atoms with Crippen LogP contribution >= 0.6 is 0 Å². The summed E-state index contributed by atoms with van der Waals surface area (Å²) in [7, 11) is 0. The first-order chi connectivity index (χ1) is 8.95. The Morgan fingerprint density at radius 2 is 1.89 bits per heavy atom. The Morgan fingerprint density at radius 3 is 2.53 bits per heavy atom. The Labute approximate surface area is 104 Å². The molecule has 0 saturated heterocycles. The largest absolute Gasteiger partial charge is 0.453 e. The van der Waals surface area contributed by atoms with E-state index in [1.54, 1.807) is 0 Å². The summed E-state index contributed by atoms with van der Waals surface area (Å²) in [5.41, 5.74) is 4.75. The number of hydrogen-bond acceptors (Lipinski definition) is 4. The molecule has 0 amide bonds. The van der Waals surface area contributed by atoms with Gasteiger partial charge in [-0.15, -0.1) is 0 Å². The molecular formula is C12H7F3N2O2. The lowest BCUT2D eigenvalue weighted by Crippen LogP contribution is -2.04. The van der Waals surface area contributed by atoms with Gasteiger partial charge in [0.05, 0.1) is 5.56 Å². The maximum absolute atomic E-state index is 12.8. The van der Waals surface area contributed by atoms with Gasteiger partial charge in [-0.3, -0.25) is 0 Å². The second kappa shape index (κ2) is 3.78. The van der Waals surface area contributed by atoms with Crippen LogP contribution in [0.2, 0.25) is 0 Å². The van der Waals surface area contributed by atoms with Gasteiger partial charge < -0.3 is 14.7 Å². The number of benzene rings is 1. The average molecular weight is 268 g/mol. The van der Waals surface area contributed by atoms with Crippen molar-refractivity contribution in [3.8, 4) is 11.5 Å². The molecule has 0 aliphatic carbocycles. The van der Waals surface area contributed by atoms with Gasteiger partial charge in [0.1, 0.15) is 5.58 Å². The number of rotatable bonds is 1. The minimum Gasteiger partial charge on any atom is -0.453 e. The monoisotopic (exact) mass is 268 g/mol. The standard InChI is InChI=1S/C12H7F3N2O2/c13-12(14,15)7-2-1-3-8-6(7)4-9(18-8)10-5-11(16)17-19-10/h1-5H,(H2,16,17). The molecule has 0 fully saturated rings. The highest BCUT2D eigenvalue weighted by atomic mass is 19.4. The minimum absolute atomic E-state index is 0.0278. The molecule has 98 valence electrons. The van der Waals surface area contributed by atoms with E-state index in [0.717, 1.165) is 6.07 Å².